The van der Waals surface area contributed by atoms with E-state index >= 15 is 0 Å². The molecule has 2 rings (SSSR count). The Balaban J connectivity index is 1.53. The van der Waals surface area contributed by atoms with Gasteiger partial charge in [0.2, 0.25) is 0 Å². The normalized spacial score (nSPS) is 15.8. The number of carbonyl (C=O) groups excluding carboxylic acids is 1. The Morgan fingerprint density at radius 1 is 1.24 bits per heavy atom. The van der Waals surface area contributed by atoms with Gasteiger partial charge in [0.25, 0.3) is 5.91 Å². The fourth-order valence-corrected chi connectivity index (χ4v) is 2.93. The average Bonchev–Trinajstić information content (AvgIpc) is 2.52. The molecule has 0 saturated carbocycles. The maximum Gasteiger partial charge on any atom is 0.251 e. The molecule has 1 fully saturated rings. The number of morpholine rings is 1. The number of amides is 1. The van der Waals surface area contributed by atoms with Gasteiger partial charge in [0.1, 0.15) is 0 Å². The molecule has 21 heavy (non-hydrogen) atoms. The van der Waals surface area contributed by atoms with Crippen molar-refractivity contribution in [2.45, 2.75) is 0 Å². The number of ether oxygens (including phenoxy) is 1. The van der Waals surface area contributed by atoms with E-state index in [9.17, 15) is 4.79 Å². The van der Waals surface area contributed by atoms with Gasteiger partial charge in [0.15, 0.2) is 0 Å². The summed E-state index contributed by atoms with van der Waals surface area (Å²) in [6, 6.07) is 6.98. The highest BCUT2D eigenvalue weighted by molar-refractivity contribution is 7.99. The number of thioether (sulfide) groups is 1. The molecule has 3 N–H and O–H groups in total. The zero-order valence-corrected chi connectivity index (χ0v) is 13.0. The van der Waals surface area contributed by atoms with Crippen LogP contribution in [-0.4, -0.2) is 61.7 Å². The molecule has 1 aliphatic rings. The van der Waals surface area contributed by atoms with Gasteiger partial charge in [-0.25, -0.2) is 0 Å². The Labute approximate surface area is 130 Å². The quantitative estimate of drug-likeness (QED) is 0.582. The highest BCUT2D eigenvalue weighted by atomic mass is 32.2. The van der Waals surface area contributed by atoms with E-state index in [2.05, 4.69) is 10.2 Å². The van der Waals surface area contributed by atoms with Crippen molar-refractivity contribution in [3.63, 3.8) is 0 Å². The van der Waals surface area contributed by atoms with E-state index in [0.717, 1.165) is 44.4 Å². The van der Waals surface area contributed by atoms with E-state index in [4.69, 9.17) is 10.5 Å². The van der Waals surface area contributed by atoms with Crippen molar-refractivity contribution < 1.29 is 9.53 Å². The smallest absolute Gasteiger partial charge is 0.251 e. The minimum absolute atomic E-state index is 0.0382. The Bertz CT molecular complexity index is 433. The van der Waals surface area contributed by atoms with E-state index in [-0.39, 0.29) is 5.91 Å². The molecule has 0 atom stereocenters. The average molecular weight is 309 g/mol. The molecule has 116 valence electrons. The molecule has 0 bridgehead atoms. The molecule has 0 aromatic heterocycles. The second-order valence-corrected chi connectivity index (χ2v) is 6.17. The van der Waals surface area contributed by atoms with Gasteiger partial charge in [-0.3, -0.25) is 9.69 Å². The van der Waals surface area contributed by atoms with Crippen LogP contribution in [0.1, 0.15) is 10.4 Å². The molecule has 0 unspecified atom stereocenters. The summed E-state index contributed by atoms with van der Waals surface area (Å²) < 4.78 is 5.32. The lowest BCUT2D eigenvalue weighted by Gasteiger charge is -2.26. The number of benzene rings is 1. The van der Waals surface area contributed by atoms with Gasteiger partial charge in [-0.05, 0) is 24.3 Å². The highest BCUT2D eigenvalue weighted by Gasteiger charge is 2.09. The first kappa shape index (κ1) is 16.1. The van der Waals surface area contributed by atoms with Crippen LogP contribution in [0.25, 0.3) is 0 Å². The molecule has 5 nitrogen and oxygen atoms in total. The Hall–Kier alpha value is -1.24. The first-order valence-electron chi connectivity index (χ1n) is 7.27. The molecule has 1 aromatic rings. The lowest BCUT2D eigenvalue weighted by molar-refractivity contribution is 0.0410. The summed E-state index contributed by atoms with van der Waals surface area (Å²) in [6.45, 7) is 5.56. The molecule has 1 aliphatic heterocycles. The van der Waals surface area contributed by atoms with Gasteiger partial charge in [0, 0.05) is 48.9 Å². The second-order valence-electron chi connectivity index (χ2n) is 4.94. The SMILES string of the molecule is Nc1ccc(C(=O)NCCSCCN2CCOCC2)cc1. The third-order valence-corrected chi connectivity index (χ3v) is 4.32. The number of nitrogens with zero attached hydrogens (tertiary/aromatic N) is 1. The molecule has 0 spiro atoms. The maximum absolute atomic E-state index is 11.9. The molecule has 1 aromatic carbocycles. The summed E-state index contributed by atoms with van der Waals surface area (Å²) in [4.78, 5) is 14.3. The van der Waals surface area contributed by atoms with E-state index in [1.165, 1.54) is 0 Å². The first-order chi connectivity index (χ1) is 10.3. The lowest BCUT2D eigenvalue weighted by atomic mass is 10.2. The van der Waals surface area contributed by atoms with Crippen molar-refractivity contribution in [3.05, 3.63) is 29.8 Å². The summed E-state index contributed by atoms with van der Waals surface area (Å²) >= 11 is 1.87. The summed E-state index contributed by atoms with van der Waals surface area (Å²) in [5, 5.41) is 2.92. The van der Waals surface area contributed by atoms with Crippen LogP contribution in [0.15, 0.2) is 24.3 Å². The van der Waals surface area contributed by atoms with Crippen molar-refractivity contribution in [2.24, 2.45) is 0 Å². The number of anilines is 1. The van der Waals surface area contributed by atoms with Crippen molar-refractivity contribution >= 4 is 23.4 Å². The highest BCUT2D eigenvalue weighted by Crippen LogP contribution is 2.06. The lowest BCUT2D eigenvalue weighted by Crippen LogP contribution is -2.37. The standard InChI is InChI=1S/C15H23N3O2S/c16-14-3-1-13(2-4-14)15(19)17-5-11-21-12-8-18-6-9-20-10-7-18/h1-4H,5-12,16H2,(H,17,19). The third kappa shape index (κ3) is 5.95. The predicted octanol–water partition coefficient (Wildman–Crippen LogP) is 1.06. The minimum Gasteiger partial charge on any atom is -0.399 e. The maximum atomic E-state index is 11.9. The summed E-state index contributed by atoms with van der Waals surface area (Å²) in [5.74, 6) is 1.99. The fraction of sp³-hybridized carbons (Fsp3) is 0.533. The number of carbonyl (C=O) groups is 1. The number of rotatable bonds is 7. The van der Waals surface area contributed by atoms with E-state index in [0.29, 0.717) is 17.8 Å². The van der Waals surface area contributed by atoms with Crippen molar-refractivity contribution in [1.29, 1.82) is 0 Å². The Morgan fingerprint density at radius 3 is 2.67 bits per heavy atom. The minimum atomic E-state index is -0.0382. The molecule has 1 heterocycles. The van der Waals surface area contributed by atoms with Crippen LogP contribution >= 0.6 is 11.8 Å². The largest absolute Gasteiger partial charge is 0.399 e. The van der Waals surface area contributed by atoms with Crippen molar-refractivity contribution in [3.8, 4) is 0 Å². The topological polar surface area (TPSA) is 67.6 Å². The predicted molar refractivity (Wildman–Crippen MR) is 87.8 cm³/mol. The summed E-state index contributed by atoms with van der Waals surface area (Å²) in [7, 11) is 0. The van der Waals surface area contributed by atoms with Crippen LogP contribution in [0.2, 0.25) is 0 Å². The van der Waals surface area contributed by atoms with E-state index < -0.39 is 0 Å². The van der Waals surface area contributed by atoms with E-state index in [1.54, 1.807) is 24.3 Å². The number of nitrogens with one attached hydrogen (secondary N) is 1. The zero-order valence-electron chi connectivity index (χ0n) is 12.2. The van der Waals surface area contributed by atoms with Crippen LogP contribution in [0, 0.1) is 0 Å². The zero-order chi connectivity index (χ0) is 14.9. The van der Waals surface area contributed by atoms with Crippen LogP contribution in [-0.2, 0) is 4.74 Å². The van der Waals surface area contributed by atoms with Gasteiger partial charge in [-0.15, -0.1) is 0 Å². The molecule has 0 aliphatic carbocycles. The Morgan fingerprint density at radius 2 is 1.95 bits per heavy atom. The monoisotopic (exact) mass is 309 g/mol. The third-order valence-electron chi connectivity index (χ3n) is 3.36. The number of hydrogen-bond acceptors (Lipinski definition) is 5. The number of nitrogens with two attached hydrogens (primary N) is 1. The van der Waals surface area contributed by atoms with Crippen LogP contribution in [0.4, 0.5) is 5.69 Å². The van der Waals surface area contributed by atoms with E-state index in [1.807, 2.05) is 11.8 Å². The van der Waals surface area contributed by atoms with Crippen LogP contribution < -0.4 is 11.1 Å². The number of nitrogen functional groups attached to an aromatic ring is 1. The van der Waals surface area contributed by atoms with Crippen LogP contribution in [0.5, 0.6) is 0 Å². The van der Waals surface area contributed by atoms with Gasteiger partial charge in [0.05, 0.1) is 13.2 Å². The fourth-order valence-electron chi connectivity index (χ4n) is 2.09. The van der Waals surface area contributed by atoms with Crippen LogP contribution in [0.3, 0.4) is 0 Å². The molecular weight excluding hydrogens is 286 g/mol. The first-order valence-corrected chi connectivity index (χ1v) is 8.43. The van der Waals surface area contributed by atoms with Crippen molar-refractivity contribution in [2.75, 3.05) is 56.6 Å². The van der Waals surface area contributed by atoms with Crippen molar-refractivity contribution in [1.82, 2.24) is 10.2 Å². The van der Waals surface area contributed by atoms with Gasteiger partial charge >= 0.3 is 0 Å². The number of hydrogen-bond donors (Lipinski definition) is 2. The molecule has 1 saturated heterocycles. The van der Waals surface area contributed by atoms with Gasteiger partial charge < -0.3 is 15.8 Å². The molecule has 0 radical (unpaired) electrons. The summed E-state index contributed by atoms with van der Waals surface area (Å²) in [6.07, 6.45) is 0. The second kappa shape index (κ2) is 8.92. The van der Waals surface area contributed by atoms with Gasteiger partial charge in [-0.1, -0.05) is 0 Å². The Kier molecular flexibility index (Phi) is 6.85. The summed E-state index contributed by atoms with van der Waals surface area (Å²) in [5.41, 5.74) is 6.92. The van der Waals surface area contributed by atoms with Gasteiger partial charge in [-0.2, -0.15) is 11.8 Å². The molecule has 1 amide bonds. The molecular formula is C15H23N3O2S. The molecule has 6 heteroatoms.